The molecule has 0 spiro atoms. The molecule has 1 aliphatic carbocycles. The molecule has 2 aliphatic rings. The number of nitriles is 1. The van der Waals surface area contributed by atoms with Gasteiger partial charge >= 0.3 is 0 Å². The first-order valence-electron chi connectivity index (χ1n) is 10.5. The van der Waals surface area contributed by atoms with Crippen LogP contribution in [0.2, 0.25) is 0 Å². The Morgan fingerprint density at radius 1 is 1.13 bits per heavy atom. The first-order valence-corrected chi connectivity index (χ1v) is 10.5. The average Bonchev–Trinajstić information content (AvgIpc) is 3.46. The lowest BCUT2D eigenvalue weighted by Gasteiger charge is -2.18. The monoisotopic (exact) mass is 420 g/mol. The van der Waals surface area contributed by atoms with Crippen LogP contribution < -0.4 is 21.5 Å². The van der Waals surface area contributed by atoms with Crippen LogP contribution in [0.3, 0.4) is 0 Å². The predicted octanol–water partition coefficient (Wildman–Crippen LogP) is 2.88. The number of carbonyl (C=O) groups excluding carboxylic acids is 1. The van der Waals surface area contributed by atoms with Crippen molar-refractivity contribution in [3.63, 3.8) is 0 Å². The van der Waals surface area contributed by atoms with Crippen molar-refractivity contribution in [3.05, 3.63) is 71.0 Å². The first kappa shape index (κ1) is 21.0. The second-order valence-corrected chi connectivity index (χ2v) is 7.89. The zero-order chi connectivity index (χ0) is 21.6. The molecule has 4 rings (SSSR count). The van der Waals surface area contributed by atoms with Gasteiger partial charge in [-0.1, -0.05) is 31.0 Å². The molecule has 1 amide bonds. The maximum atomic E-state index is 13.2. The summed E-state index contributed by atoms with van der Waals surface area (Å²) in [6.07, 6.45) is 4.77. The Bertz CT molecular complexity index is 994. The highest BCUT2D eigenvalue weighted by molar-refractivity contribution is 6.06. The number of halogens is 1. The lowest BCUT2D eigenvalue weighted by Crippen LogP contribution is -2.46. The number of hydrogen-bond acceptors (Lipinski definition) is 5. The number of hydrazine groups is 1. The lowest BCUT2D eigenvalue weighted by molar-refractivity contribution is 0.0975. The highest BCUT2D eigenvalue weighted by Gasteiger charge is 2.26. The van der Waals surface area contributed by atoms with Gasteiger partial charge in [-0.05, 0) is 48.7 Å². The summed E-state index contributed by atoms with van der Waals surface area (Å²) in [7, 11) is 0. The number of benzene rings is 2. The van der Waals surface area contributed by atoms with Crippen LogP contribution in [0.25, 0.3) is 0 Å². The molecule has 0 radical (unpaired) electrons. The number of carbonyl (C=O) groups is 1. The van der Waals surface area contributed by atoms with E-state index in [0.717, 1.165) is 31.2 Å². The van der Waals surface area contributed by atoms with Gasteiger partial charge in [-0.15, -0.1) is 0 Å². The van der Waals surface area contributed by atoms with Gasteiger partial charge in [0.25, 0.3) is 5.91 Å². The van der Waals surface area contributed by atoms with E-state index in [-0.39, 0.29) is 30.0 Å². The van der Waals surface area contributed by atoms with Crippen LogP contribution in [-0.4, -0.2) is 24.1 Å². The van der Waals surface area contributed by atoms with E-state index in [9.17, 15) is 9.18 Å². The topological polar surface area (TPSA) is 101 Å². The largest absolute Gasteiger partial charge is 0.353 e. The van der Waals surface area contributed by atoms with Crippen LogP contribution in [0.5, 0.6) is 0 Å². The SMILES string of the molecule is N#Cc1cccc(C(=O)NC(=NC2CC(c3ccc(F)cc3)NN2)NC2CCCC2)c1. The highest BCUT2D eigenvalue weighted by Crippen LogP contribution is 2.23. The van der Waals surface area contributed by atoms with Crippen LogP contribution in [0.4, 0.5) is 4.39 Å². The van der Waals surface area contributed by atoms with E-state index < -0.39 is 0 Å². The second-order valence-electron chi connectivity index (χ2n) is 7.89. The number of hydrogen-bond donors (Lipinski definition) is 4. The van der Waals surface area contributed by atoms with Crippen molar-refractivity contribution in [1.82, 2.24) is 21.5 Å². The summed E-state index contributed by atoms with van der Waals surface area (Å²) in [5.74, 6) is -0.170. The van der Waals surface area contributed by atoms with E-state index in [1.807, 2.05) is 6.07 Å². The second kappa shape index (κ2) is 9.69. The summed E-state index contributed by atoms with van der Waals surface area (Å²) in [6, 6.07) is 15.3. The number of guanidine groups is 1. The molecule has 2 fully saturated rings. The van der Waals surface area contributed by atoms with Crippen molar-refractivity contribution in [3.8, 4) is 6.07 Å². The molecule has 4 N–H and O–H groups in total. The Morgan fingerprint density at radius 2 is 1.90 bits per heavy atom. The van der Waals surface area contributed by atoms with Gasteiger partial charge in [-0.2, -0.15) is 5.26 Å². The molecule has 1 heterocycles. The fraction of sp³-hybridized carbons (Fsp3) is 0.348. The molecule has 160 valence electrons. The third-order valence-electron chi connectivity index (χ3n) is 5.62. The molecule has 0 bridgehead atoms. The maximum absolute atomic E-state index is 13.2. The third-order valence-corrected chi connectivity index (χ3v) is 5.62. The van der Waals surface area contributed by atoms with Crippen molar-refractivity contribution >= 4 is 11.9 Å². The minimum atomic E-state index is -0.317. The number of nitrogens with one attached hydrogen (secondary N) is 4. The summed E-state index contributed by atoms with van der Waals surface area (Å²) in [4.78, 5) is 17.5. The normalized spacial score (nSPS) is 21.6. The Balaban J connectivity index is 1.47. The van der Waals surface area contributed by atoms with E-state index in [1.54, 1.807) is 36.4 Å². The van der Waals surface area contributed by atoms with Crippen molar-refractivity contribution in [2.75, 3.05) is 0 Å². The summed E-state index contributed by atoms with van der Waals surface area (Å²) in [6.45, 7) is 0. The van der Waals surface area contributed by atoms with Gasteiger partial charge in [-0.25, -0.2) is 20.2 Å². The minimum absolute atomic E-state index is 0.00917. The van der Waals surface area contributed by atoms with Gasteiger partial charge in [0.15, 0.2) is 5.96 Å². The molecule has 1 saturated carbocycles. The fourth-order valence-electron chi connectivity index (χ4n) is 3.97. The molecule has 2 aromatic carbocycles. The molecule has 1 aliphatic heterocycles. The zero-order valence-electron chi connectivity index (χ0n) is 17.1. The van der Waals surface area contributed by atoms with Crippen LogP contribution in [0.1, 0.15) is 59.6 Å². The standard InChI is InChI=1S/C23H25FN6O/c24-18-10-8-16(9-11-18)20-13-21(30-29-20)27-23(26-19-6-1-2-7-19)28-22(31)17-5-3-4-15(12-17)14-25/h3-5,8-12,19-21,29-30H,1-2,6-7,13H2,(H2,26,27,28,31). The van der Waals surface area contributed by atoms with Gasteiger partial charge in [0.1, 0.15) is 12.0 Å². The Labute approximate surface area is 180 Å². The Hall–Kier alpha value is -3.28. The highest BCUT2D eigenvalue weighted by atomic mass is 19.1. The summed E-state index contributed by atoms with van der Waals surface area (Å²) in [5, 5.41) is 15.3. The molecule has 1 saturated heterocycles. The number of rotatable bonds is 4. The first-order chi connectivity index (χ1) is 15.1. The van der Waals surface area contributed by atoms with Gasteiger partial charge in [0.2, 0.25) is 0 Å². The third kappa shape index (κ3) is 5.45. The maximum Gasteiger partial charge on any atom is 0.257 e. The summed E-state index contributed by atoms with van der Waals surface area (Å²) < 4.78 is 13.2. The lowest BCUT2D eigenvalue weighted by atomic mass is 10.0. The Morgan fingerprint density at radius 3 is 2.65 bits per heavy atom. The van der Waals surface area contributed by atoms with E-state index >= 15 is 0 Å². The fourth-order valence-corrected chi connectivity index (χ4v) is 3.97. The average molecular weight is 420 g/mol. The van der Waals surface area contributed by atoms with E-state index in [0.29, 0.717) is 23.5 Å². The number of amides is 1. The van der Waals surface area contributed by atoms with E-state index in [1.165, 1.54) is 12.1 Å². The van der Waals surface area contributed by atoms with Crippen molar-refractivity contribution in [2.45, 2.75) is 50.4 Å². The summed E-state index contributed by atoms with van der Waals surface area (Å²) >= 11 is 0. The zero-order valence-corrected chi connectivity index (χ0v) is 17.1. The smallest absolute Gasteiger partial charge is 0.257 e. The van der Waals surface area contributed by atoms with E-state index in [2.05, 4.69) is 21.5 Å². The van der Waals surface area contributed by atoms with Crippen LogP contribution in [0.15, 0.2) is 53.5 Å². The quantitative estimate of drug-likeness (QED) is 0.450. The van der Waals surface area contributed by atoms with Crippen molar-refractivity contribution in [2.24, 2.45) is 4.99 Å². The van der Waals surface area contributed by atoms with Crippen LogP contribution in [0, 0.1) is 17.1 Å². The number of aliphatic imine (C=N–C) groups is 1. The van der Waals surface area contributed by atoms with Gasteiger partial charge in [-0.3, -0.25) is 10.1 Å². The molecular formula is C23H25FN6O. The molecule has 7 nitrogen and oxygen atoms in total. The van der Waals surface area contributed by atoms with Crippen LogP contribution >= 0.6 is 0 Å². The molecule has 31 heavy (non-hydrogen) atoms. The molecule has 0 aromatic heterocycles. The summed E-state index contributed by atoms with van der Waals surface area (Å²) in [5.41, 5.74) is 8.13. The van der Waals surface area contributed by atoms with Crippen molar-refractivity contribution in [1.29, 1.82) is 5.26 Å². The minimum Gasteiger partial charge on any atom is -0.353 e. The van der Waals surface area contributed by atoms with Crippen LogP contribution in [-0.2, 0) is 0 Å². The number of nitrogens with zero attached hydrogens (tertiary/aromatic N) is 2. The molecular weight excluding hydrogens is 395 g/mol. The molecule has 8 heteroatoms. The van der Waals surface area contributed by atoms with Gasteiger partial charge < -0.3 is 5.32 Å². The molecule has 2 unspecified atom stereocenters. The van der Waals surface area contributed by atoms with Gasteiger partial charge in [0, 0.05) is 24.1 Å². The van der Waals surface area contributed by atoms with E-state index in [4.69, 9.17) is 10.3 Å². The van der Waals surface area contributed by atoms with Gasteiger partial charge in [0.05, 0.1) is 11.6 Å². The molecule has 2 aromatic rings. The van der Waals surface area contributed by atoms with Crippen molar-refractivity contribution < 1.29 is 9.18 Å². The Kier molecular flexibility index (Phi) is 6.55. The molecule has 2 atom stereocenters. The predicted molar refractivity (Wildman–Crippen MR) is 115 cm³/mol.